The highest BCUT2D eigenvalue weighted by Gasteiger charge is 2.23. The number of nitrogens with one attached hydrogen (secondary N) is 2. The molecule has 152 valence electrons. The van der Waals surface area contributed by atoms with E-state index >= 15 is 0 Å². The zero-order valence-electron chi connectivity index (χ0n) is 16.3. The number of anilines is 2. The predicted octanol–water partition coefficient (Wildman–Crippen LogP) is 4.94. The number of aromatic carboxylic acids is 1. The van der Waals surface area contributed by atoms with Crippen molar-refractivity contribution in [3.05, 3.63) is 66.2 Å². The minimum Gasteiger partial charge on any atom is -0.478 e. The number of hydrogen-bond acceptors (Lipinski definition) is 4. The number of hydrogen-bond donors (Lipinski definition) is 3. The van der Waals surface area contributed by atoms with Gasteiger partial charge in [0.15, 0.2) is 0 Å². The van der Waals surface area contributed by atoms with E-state index in [-0.39, 0.29) is 22.2 Å². The summed E-state index contributed by atoms with van der Waals surface area (Å²) >= 11 is 0. The first kappa shape index (κ1) is 20.7. The van der Waals surface area contributed by atoms with E-state index in [9.17, 15) is 18.3 Å². The first-order valence-corrected chi connectivity index (χ1v) is 10.9. The second-order valence-electron chi connectivity index (χ2n) is 6.95. The molecule has 3 aromatic rings. The van der Waals surface area contributed by atoms with Gasteiger partial charge < -0.3 is 10.4 Å². The van der Waals surface area contributed by atoms with Crippen molar-refractivity contribution >= 4 is 38.1 Å². The van der Waals surface area contributed by atoms with Crippen LogP contribution in [0.4, 0.5) is 11.4 Å². The van der Waals surface area contributed by atoms with Crippen LogP contribution in [0.2, 0.25) is 0 Å². The van der Waals surface area contributed by atoms with Crippen LogP contribution in [0.25, 0.3) is 10.8 Å². The van der Waals surface area contributed by atoms with Crippen LogP contribution in [0, 0.1) is 0 Å². The molecule has 1 unspecified atom stereocenters. The summed E-state index contributed by atoms with van der Waals surface area (Å²) in [5.74, 6) is -1.19. The maximum Gasteiger partial charge on any atom is 0.338 e. The third-order valence-corrected chi connectivity index (χ3v) is 6.11. The second kappa shape index (κ2) is 8.53. The number of carboxylic acid groups (broad SMARTS) is 1. The standard InChI is InChI=1S/C22H24N2O4S/c1-3-8-15(2)23-18-11-6-7-12-20(18)29(27,28)24-19-14-13-16-9-4-5-10-17(16)21(19)22(25)26/h4-7,9-15,23-24H,3,8H2,1-2H3,(H,25,26). The summed E-state index contributed by atoms with van der Waals surface area (Å²) in [5, 5.41) is 14.2. The van der Waals surface area contributed by atoms with Gasteiger partial charge in [0.2, 0.25) is 0 Å². The maximum atomic E-state index is 13.1. The van der Waals surface area contributed by atoms with Crippen LogP contribution < -0.4 is 10.0 Å². The quantitative estimate of drug-likeness (QED) is 0.487. The molecule has 0 spiro atoms. The van der Waals surface area contributed by atoms with E-state index < -0.39 is 16.0 Å². The molecule has 1 atom stereocenters. The van der Waals surface area contributed by atoms with Gasteiger partial charge in [0, 0.05) is 6.04 Å². The Morgan fingerprint density at radius 1 is 1.00 bits per heavy atom. The topological polar surface area (TPSA) is 95.5 Å². The van der Waals surface area contributed by atoms with Crippen LogP contribution in [0.5, 0.6) is 0 Å². The molecule has 7 heteroatoms. The molecule has 0 aromatic heterocycles. The SMILES string of the molecule is CCCC(C)Nc1ccccc1S(=O)(=O)Nc1ccc2ccccc2c1C(=O)O. The molecule has 0 heterocycles. The Hall–Kier alpha value is -3.06. The maximum absolute atomic E-state index is 13.1. The van der Waals surface area contributed by atoms with Crippen LogP contribution in [0.1, 0.15) is 37.0 Å². The molecule has 3 aromatic carbocycles. The molecule has 0 amide bonds. The van der Waals surface area contributed by atoms with E-state index in [1.165, 1.54) is 12.1 Å². The fourth-order valence-corrected chi connectivity index (χ4v) is 4.62. The Morgan fingerprint density at radius 2 is 1.69 bits per heavy atom. The normalized spacial score (nSPS) is 12.5. The molecule has 0 aliphatic carbocycles. The van der Waals surface area contributed by atoms with Crippen LogP contribution in [-0.4, -0.2) is 25.5 Å². The van der Waals surface area contributed by atoms with Gasteiger partial charge in [0.1, 0.15) is 4.90 Å². The molecule has 0 saturated carbocycles. The molecule has 0 bridgehead atoms. The fraction of sp³-hybridized carbons (Fsp3) is 0.227. The highest BCUT2D eigenvalue weighted by molar-refractivity contribution is 7.92. The van der Waals surface area contributed by atoms with Crippen molar-refractivity contribution in [2.24, 2.45) is 0 Å². The Bertz CT molecular complexity index is 1140. The monoisotopic (exact) mass is 412 g/mol. The summed E-state index contributed by atoms with van der Waals surface area (Å²) in [6.07, 6.45) is 1.87. The van der Waals surface area contributed by atoms with E-state index in [0.717, 1.165) is 18.2 Å². The minimum absolute atomic E-state index is 0.0348. The zero-order valence-corrected chi connectivity index (χ0v) is 17.2. The molecule has 0 fully saturated rings. The van der Waals surface area contributed by atoms with Gasteiger partial charge in [-0.25, -0.2) is 13.2 Å². The van der Waals surface area contributed by atoms with Crippen molar-refractivity contribution < 1.29 is 18.3 Å². The van der Waals surface area contributed by atoms with Gasteiger partial charge in [-0.15, -0.1) is 0 Å². The van der Waals surface area contributed by atoms with Gasteiger partial charge in [-0.3, -0.25) is 4.72 Å². The molecule has 0 radical (unpaired) electrons. The van der Waals surface area contributed by atoms with Crippen molar-refractivity contribution in [3.63, 3.8) is 0 Å². The molecule has 6 nitrogen and oxygen atoms in total. The smallest absolute Gasteiger partial charge is 0.338 e. The third-order valence-electron chi connectivity index (χ3n) is 4.69. The minimum atomic E-state index is -4.01. The third kappa shape index (κ3) is 4.51. The molecule has 0 aliphatic rings. The summed E-state index contributed by atoms with van der Waals surface area (Å²) < 4.78 is 28.7. The van der Waals surface area contributed by atoms with Crippen LogP contribution >= 0.6 is 0 Å². The van der Waals surface area contributed by atoms with E-state index in [0.29, 0.717) is 11.1 Å². The molecule has 3 rings (SSSR count). The number of benzene rings is 3. The van der Waals surface area contributed by atoms with Gasteiger partial charge in [0.05, 0.1) is 16.9 Å². The molecule has 0 aliphatic heterocycles. The van der Waals surface area contributed by atoms with E-state index in [1.807, 2.05) is 6.92 Å². The van der Waals surface area contributed by atoms with Gasteiger partial charge in [-0.1, -0.05) is 55.8 Å². The van der Waals surface area contributed by atoms with Gasteiger partial charge in [0.25, 0.3) is 10.0 Å². The number of para-hydroxylation sites is 1. The first-order chi connectivity index (χ1) is 13.8. The predicted molar refractivity (Wildman–Crippen MR) is 116 cm³/mol. The van der Waals surface area contributed by atoms with Crippen LogP contribution in [0.3, 0.4) is 0 Å². The number of fused-ring (bicyclic) bond motifs is 1. The Morgan fingerprint density at radius 3 is 2.41 bits per heavy atom. The molecular formula is C22H24N2O4S. The average molecular weight is 413 g/mol. The number of carbonyl (C=O) groups is 1. The van der Waals surface area contributed by atoms with E-state index in [2.05, 4.69) is 17.0 Å². The highest BCUT2D eigenvalue weighted by Crippen LogP contribution is 2.30. The summed E-state index contributed by atoms with van der Waals surface area (Å²) in [6.45, 7) is 4.06. The second-order valence-corrected chi connectivity index (χ2v) is 8.60. The Labute approximate surface area is 170 Å². The van der Waals surface area contributed by atoms with Crippen LogP contribution in [0.15, 0.2) is 65.6 Å². The van der Waals surface area contributed by atoms with Crippen molar-refractivity contribution in [1.82, 2.24) is 0 Å². The van der Waals surface area contributed by atoms with E-state index in [4.69, 9.17) is 0 Å². The number of carboxylic acids is 1. The van der Waals surface area contributed by atoms with Crippen LogP contribution in [-0.2, 0) is 10.0 Å². The summed E-state index contributed by atoms with van der Waals surface area (Å²) in [4.78, 5) is 12.0. The van der Waals surface area contributed by atoms with Crippen molar-refractivity contribution in [1.29, 1.82) is 0 Å². The van der Waals surface area contributed by atoms with E-state index in [1.54, 1.807) is 48.5 Å². The lowest BCUT2D eigenvalue weighted by molar-refractivity contribution is 0.0700. The summed E-state index contributed by atoms with van der Waals surface area (Å²) in [7, 11) is -4.01. The number of sulfonamides is 1. The first-order valence-electron chi connectivity index (χ1n) is 9.47. The highest BCUT2D eigenvalue weighted by atomic mass is 32.2. The van der Waals surface area contributed by atoms with Crippen molar-refractivity contribution in [3.8, 4) is 0 Å². The fourth-order valence-electron chi connectivity index (χ4n) is 3.38. The average Bonchev–Trinajstić information content (AvgIpc) is 2.67. The summed E-state index contributed by atoms with van der Waals surface area (Å²) in [5.41, 5.74) is 0.447. The van der Waals surface area contributed by atoms with Gasteiger partial charge in [-0.2, -0.15) is 0 Å². The zero-order chi connectivity index (χ0) is 21.0. The lowest BCUT2D eigenvalue weighted by atomic mass is 10.0. The lowest BCUT2D eigenvalue weighted by Crippen LogP contribution is -2.20. The molecule has 0 saturated heterocycles. The van der Waals surface area contributed by atoms with Crippen molar-refractivity contribution in [2.45, 2.75) is 37.6 Å². The Kier molecular flexibility index (Phi) is 6.08. The molecule has 29 heavy (non-hydrogen) atoms. The van der Waals surface area contributed by atoms with Gasteiger partial charge in [-0.05, 0) is 42.3 Å². The summed E-state index contributed by atoms with van der Waals surface area (Å²) in [6, 6.07) is 16.9. The van der Waals surface area contributed by atoms with Crippen molar-refractivity contribution in [2.75, 3.05) is 10.0 Å². The Balaban J connectivity index is 2.03. The number of rotatable bonds is 8. The lowest BCUT2D eigenvalue weighted by Gasteiger charge is -2.19. The molecular weight excluding hydrogens is 388 g/mol. The molecule has 3 N–H and O–H groups in total. The van der Waals surface area contributed by atoms with Gasteiger partial charge >= 0.3 is 5.97 Å². The largest absolute Gasteiger partial charge is 0.478 e.